The van der Waals surface area contributed by atoms with E-state index in [4.69, 9.17) is 11.6 Å². The van der Waals surface area contributed by atoms with E-state index in [0.29, 0.717) is 34.8 Å². The highest BCUT2D eigenvalue weighted by Crippen LogP contribution is 2.28. The molecule has 6 nitrogen and oxygen atoms in total. The predicted octanol–water partition coefficient (Wildman–Crippen LogP) is 1.69. The third-order valence-electron chi connectivity index (χ3n) is 3.76. The number of amides is 2. The van der Waals surface area contributed by atoms with Crippen molar-refractivity contribution in [2.24, 2.45) is 0 Å². The number of hydrogen-bond donors (Lipinski definition) is 2. The zero-order chi connectivity index (χ0) is 15.7. The fourth-order valence-corrected chi connectivity index (χ4v) is 2.75. The van der Waals surface area contributed by atoms with E-state index in [2.05, 4.69) is 15.5 Å². The topological polar surface area (TPSA) is 78.1 Å². The first-order valence-corrected chi connectivity index (χ1v) is 7.30. The molecule has 2 aromatic rings. The van der Waals surface area contributed by atoms with Crippen molar-refractivity contribution in [2.45, 2.75) is 12.5 Å². The van der Waals surface area contributed by atoms with E-state index in [-0.39, 0.29) is 11.8 Å². The van der Waals surface area contributed by atoms with Crippen LogP contribution in [0.5, 0.6) is 0 Å². The molecule has 0 unspecified atom stereocenters. The van der Waals surface area contributed by atoms with Crippen molar-refractivity contribution in [3.05, 3.63) is 41.0 Å². The Morgan fingerprint density at radius 3 is 2.91 bits per heavy atom. The number of benzene rings is 1. The van der Waals surface area contributed by atoms with E-state index in [1.165, 1.54) is 6.20 Å². The van der Waals surface area contributed by atoms with Crippen molar-refractivity contribution in [3.8, 4) is 11.3 Å². The van der Waals surface area contributed by atoms with E-state index in [1.54, 1.807) is 24.1 Å². The summed E-state index contributed by atoms with van der Waals surface area (Å²) in [6.07, 6.45) is 2.05. The minimum Gasteiger partial charge on any atom is -0.344 e. The van der Waals surface area contributed by atoms with E-state index in [1.807, 2.05) is 12.1 Å². The van der Waals surface area contributed by atoms with Gasteiger partial charge in [0.2, 0.25) is 5.91 Å². The second-order valence-corrected chi connectivity index (χ2v) is 5.62. The first-order chi connectivity index (χ1) is 10.6. The lowest BCUT2D eigenvalue weighted by atomic mass is 10.1. The minimum atomic E-state index is -0.480. The molecule has 114 valence electrons. The number of likely N-dealkylation sites (N-methyl/N-ethyl adjacent to an activating group) is 1. The van der Waals surface area contributed by atoms with E-state index >= 15 is 0 Å². The summed E-state index contributed by atoms with van der Waals surface area (Å²) in [6.45, 7) is 0.645. The molecule has 1 aliphatic rings. The molecule has 2 amide bonds. The maximum Gasteiger partial charge on any atom is 0.255 e. The van der Waals surface area contributed by atoms with E-state index in [0.717, 1.165) is 0 Å². The van der Waals surface area contributed by atoms with Crippen molar-refractivity contribution in [1.29, 1.82) is 0 Å². The standard InChI is InChI=1S/C15H15ClN4O2/c1-20-7-6-12(15(20)22)18-14(21)10-8-17-19-13(10)9-4-2-3-5-11(9)16/h2-5,8,12H,6-7H2,1H3,(H,17,19)(H,18,21)/t12-/m0/s1. The van der Waals surface area contributed by atoms with Gasteiger partial charge in [-0.25, -0.2) is 0 Å². The Bertz CT molecular complexity index is 728. The Balaban J connectivity index is 1.85. The Morgan fingerprint density at radius 2 is 2.23 bits per heavy atom. The lowest BCUT2D eigenvalue weighted by Gasteiger charge is -2.12. The van der Waals surface area contributed by atoms with Gasteiger partial charge in [0.1, 0.15) is 6.04 Å². The lowest BCUT2D eigenvalue weighted by molar-refractivity contribution is -0.128. The molecule has 3 rings (SSSR count). The molecule has 1 atom stereocenters. The van der Waals surface area contributed by atoms with Gasteiger partial charge >= 0.3 is 0 Å². The number of nitrogens with one attached hydrogen (secondary N) is 2. The number of H-pyrrole nitrogens is 1. The fraction of sp³-hybridized carbons (Fsp3) is 0.267. The van der Waals surface area contributed by atoms with Gasteiger partial charge in [-0.2, -0.15) is 5.10 Å². The SMILES string of the molecule is CN1CC[C@H](NC(=O)c2cn[nH]c2-c2ccccc2Cl)C1=O. The third kappa shape index (κ3) is 2.57. The van der Waals surface area contributed by atoms with Crippen LogP contribution in [-0.4, -0.2) is 46.5 Å². The molecule has 1 saturated heterocycles. The molecule has 2 heterocycles. The molecule has 1 aromatic heterocycles. The maximum atomic E-state index is 12.4. The molecule has 7 heteroatoms. The fourth-order valence-electron chi connectivity index (χ4n) is 2.52. The smallest absolute Gasteiger partial charge is 0.255 e. The summed E-state index contributed by atoms with van der Waals surface area (Å²) in [7, 11) is 1.72. The number of carbonyl (C=O) groups excluding carboxylic acids is 2. The van der Waals surface area contributed by atoms with Crippen LogP contribution in [0.3, 0.4) is 0 Å². The number of hydrogen-bond acceptors (Lipinski definition) is 3. The van der Waals surface area contributed by atoms with Crippen LogP contribution < -0.4 is 5.32 Å². The Morgan fingerprint density at radius 1 is 1.45 bits per heavy atom. The summed E-state index contributed by atoms with van der Waals surface area (Å²) in [5.74, 6) is -0.409. The van der Waals surface area contributed by atoms with Gasteiger partial charge in [0.15, 0.2) is 0 Å². The summed E-state index contributed by atoms with van der Waals surface area (Å²) in [5.41, 5.74) is 1.61. The number of aromatic amines is 1. The molecule has 0 radical (unpaired) electrons. The average Bonchev–Trinajstić information content (AvgIpc) is 3.10. The first-order valence-electron chi connectivity index (χ1n) is 6.92. The summed E-state index contributed by atoms with van der Waals surface area (Å²) >= 11 is 6.16. The van der Waals surface area contributed by atoms with Crippen molar-refractivity contribution >= 4 is 23.4 Å². The van der Waals surface area contributed by atoms with Crippen LogP contribution in [0.1, 0.15) is 16.8 Å². The molecule has 22 heavy (non-hydrogen) atoms. The summed E-state index contributed by atoms with van der Waals surface area (Å²) in [4.78, 5) is 25.9. The number of halogens is 1. The van der Waals surface area contributed by atoms with Gasteiger partial charge in [0, 0.05) is 24.2 Å². The van der Waals surface area contributed by atoms with Gasteiger partial charge in [-0.1, -0.05) is 29.8 Å². The van der Waals surface area contributed by atoms with Gasteiger partial charge < -0.3 is 10.2 Å². The maximum absolute atomic E-state index is 12.4. The highest BCUT2D eigenvalue weighted by Gasteiger charge is 2.31. The lowest BCUT2D eigenvalue weighted by Crippen LogP contribution is -2.40. The van der Waals surface area contributed by atoms with Crippen molar-refractivity contribution in [3.63, 3.8) is 0 Å². The molecule has 1 aliphatic heterocycles. The number of carbonyl (C=O) groups is 2. The normalized spacial score (nSPS) is 17.8. The molecule has 0 bridgehead atoms. The van der Waals surface area contributed by atoms with Crippen LogP contribution in [0.4, 0.5) is 0 Å². The zero-order valence-electron chi connectivity index (χ0n) is 12.0. The third-order valence-corrected chi connectivity index (χ3v) is 4.09. The van der Waals surface area contributed by atoms with Crippen LogP contribution in [0.25, 0.3) is 11.3 Å². The highest BCUT2D eigenvalue weighted by atomic mass is 35.5. The van der Waals surface area contributed by atoms with Crippen molar-refractivity contribution in [1.82, 2.24) is 20.4 Å². The molecular weight excluding hydrogens is 304 g/mol. The number of likely N-dealkylation sites (tertiary alicyclic amines) is 1. The van der Waals surface area contributed by atoms with Crippen LogP contribution in [0.2, 0.25) is 5.02 Å². The quantitative estimate of drug-likeness (QED) is 0.904. The van der Waals surface area contributed by atoms with Gasteiger partial charge in [-0.3, -0.25) is 14.7 Å². The molecule has 0 aliphatic carbocycles. The number of aromatic nitrogens is 2. The van der Waals surface area contributed by atoms with Crippen LogP contribution in [0.15, 0.2) is 30.5 Å². The van der Waals surface area contributed by atoms with Gasteiger partial charge in [-0.05, 0) is 12.5 Å². The van der Waals surface area contributed by atoms with Crippen LogP contribution in [0, 0.1) is 0 Å². The molecule has 0 spiro atoms. The van der Waals surface area contributed by atoms with Crippen LogP contribution >= 0.6 is 11.6 Å². The number of nitrogens with zero attached hydrogens (tertiary/aromatic N) is 2. The zero-order valence-corrected chi connectivity index (χ0v) is 12.7. The molecule has 0 saturated carbocycles. The molecule has 1 fully saturated rings. The highest BCUT2D eigenvalue weighted by molar-refractivity contribution is 6.33. The van der Waals surface area contributed by atoms with Crippen LogP contribution in [-0.2, 0) is 4.79 Å². The van der Waals surface area contributed by atoms with E-state index in [9.17, 15) is 9.59 Å². The van der Waals surface area contributed by atoms with Gasteiger partial charge in [0.25, 0.3) is 5.91 Å². The van der Waals surface area contributed by atoms with Crippen molar-refractivity contribution < 1.29 is 9.59 Å². The van der Waals surface area contributed by atoms with Gasteiger partial charge in [-0.15, -0.1) is 0 Å². The number of rotatable bonds is 3. The van der Waals surface area contributed by atoms with Gasteiger partial charge in [0.05, 0.1) is 17.5 Å². The minimum absolute atomic E-state index is 0.0730. The van der Waals surface area contributed by atoms with Crippen molar-refractivity contribution in [2.75, 3.05) is 13.6 Å². The first kappa shape index (κ1) is 14.6. The molecular formula is C15H15ClN4O2. The second-order valence-electron chi connectivity index (χ2n) is 5.21. The second kappa shape index (κ2) is 5.81. The summed E-state index contributed by atoms with van der Waals surface area (Å²) < 4.78 is 0. The Labute approximate surface area is 132 Å². The largest absolute Gasteiger partial charge is 0.344 e. The van der Waals surface area contributed by atoms with E-state index < -0.39 is 6.04 Å². The Kier molecular flexibility index (Phi) is 3.85. The predicted molar refractivity (Wildman–Crippen MR) is 82.5 cm³/mol. The monoisotopic (exact) mass is 318 g/mol. The Hall–Kier alpha value is -2.34. The summed E-state index contributed by atoms with van der Waals surface area (Å²) in [5, 5.41) is 10.0. The summed E-state index contributed by atoms with van der Waals surface area (Å²) in [6, 6.07) is 6.72. The average molecular weight is 319 g/mol. The molecule has 1 aromatic carbocycles. The molecule has 2 N–H and O–H groups in total.